The molecule has 0 fully saturated rings. The van der Waals surface area contributed by atoms with Crippen LogP contribution in [-0.4, -0.2) is 18.8 Å². The monoisotopic (exact) mass is 235 g/mol. The zero-order valence-corrected chi connectivity index (χ0v) is 9.53. The van der Waals surface area contributed by atoms with Crippen molar-refractivity contribution in [1.29, 1.82) is 0 Å². The van der Waals surface area contributed by atoms with E-state index < -0.39 is 5.91 Å². The smallest absolute Gasteiger partial charge is 0.264 e. The first kappa shape index (κ1) is 12.9. The van der Waals surface area contributed by atoms with E-state index in [2.05, 4.69) is 16.9 Å². The normalized spacial score (nSPS) is 11.1. The van der Waals surface area contributed by atoms with E-state index in [-0.39, 0.29) is 11.5 Å². The number of primary amides is 1. The van der Waals surface area contributed by atoms with Crippen LogP contribution in [0.25, 0.3) is 0 Å². The number of rotatable bonds is 4. The van der Waals surface area contributed by atoms with Gasteiger partial charge in [-0.15, -0.1) is 0 Å². The Morgan fingerprint density at radius 1 is 1.59 bits per heavy atom. The second-order valence-electron chi connectivity index (χ2n) is 3.44. The van der Waals surface area contributed by atoms with Gasteiger partial charge in [-0.2, -0.15) is 0 Å². The SMILES string of the molecule is C=C(N/C(Cc1cccc(F)c1)=N\C)C(N)=O. The van der Waals surface area contributed by atoms with Crippen LogP contribution in [0.4, 0.5) is 4.39 Å². The molecule has 0 saturated heterocycles. The molecule has 1 rings (SSSR count). The van der Waals surface area contributed by atoms with Gasteiger partial charge >= 0.3 is 0 Å². The Morgan fingerprint density at radius 2 is 2.29 bits per heavy atom. The molecule has 0 bridgehead atoms. The van der Waals surface area contributed by atoms with Gasteiger partial charge in [-0.3, -0.25) is 9.79 Å². The molecule has 0 radical (unpaired) electrons. The molecular weight excluding hydrogens is 221 g/mol. The molecule has 0 unspecified atom stereocenters. The van der Waals surface area contributed by atoms with Crippen molar-refractivity contribution >= 4 is 11.7 Å². The maximum absolute atomic E-state index is 13.0. The minimum absolute atomic E-state index is 0.0574. The summed E-state index contributed by atoms with van der Waals surface area (Å²) < 4.78 is 13.0. The molecule has 90 valence electrons. The van der Waals surface area contributed by atoms with Crippen molar-refractivity contribution in [3.05, 3.63) is 47.9 Å². The Morgan fingerprint density at radius 3 is 2.82 bits per heavy atom. The lowest BCUT2D eigenvalue weighted by molar-refractivity contribution is -0.114. The highest BCUT2D eigenvalue weighted by molar-refractivity contribution is 5.97. The summed E-state index contributed by atoms with van der Waals surface area (Å²) >= 11 is 0. The van der Waals surface area contributed by atoms with Crippen LogP contribution in [0.1, 0.15) is 5.56 Å². The molecule has 0 atom stereocenters. The minimum Gasteiger partial charge on any atom is -0.364 e. The third-order valence-corrected chi connectivity index (χ3v) is 2.12. The molecule has 17 heavy (non-hydrogen) atoms. The first-order valence-electron chi connectivity index (χ1n) is 4.98. The van der Waals surface area contributed by atoms with Gasteiger partial charge in [0, 0.05) is 13.5 Å². The molecule has 0 aromatic heterocycles. The van der Waals surface area contributed by atoms with Gasteiger partial charge in [0.25, 0.3) is 5.91 Å². The number of hydrogen-bond donors (Lipinski definition) is 2. The van der Waals surface area contributed by atoms with Crippen LogP contribution in [0, 0.1) is 5.82 Å². The summed E-state index contributed by atoms with van der Waals surface area (Å²) in [5, 5.41) is 2.69. The van der Waals surface area contributed by atoms with Crippen LogP contribution >= 0.6 is 0 Å². The van der Waals surface area contributed by atoms with E-state index in [0.717, 1.165) is 5.56 Å². The molecule has 0 saturated carbocycles. The van der Waals surface area contributed by atoms with Gasteiger partial charge < -0.3 is 11.1 Å². The molecule has 0 aliphatic carbocycles. The van der Waals surface area contributed by atoms with Crippen LogP contribution in [0.3, 0.4) is 0 Å². The fraction of sp³-hybridized carbons (Fsp3) is 0.167. The van der Waals surface area contributed by atoms with Gasteiger partial charge in [0.05, 0.1) is 5.70 Å². The van der Waals surface area contributed by atoms with Crippen LogP contribution in [0.2, 0.25) is 0 Å². The van der Waals surface area contributed by atoms with E-state index in [1.54, 1.807) is 19.2 Å². The van der Waals surface area contributed by atoms with Crippen molar-refractivity contribution in [2.24, 2.45) is 10.7 Å². The quantitative estimate of drug-likeness (QED) is 0.464. The van der Waals surface area contributed by atoms with Crippen molar-refractivity contribution < 1.29 is 9.18 Å². The number of nitrogens with two attached hydrogens (primary N) is 1. The van der Waals surface area contributed by atoms with Gasteiger partial charge in [0.1, 0.15) is 11.7 Å². The molecule has 1 aromatic rings. The molecule has 1 aromatic carbocycles. The highest BCUT2D eigenvalue weighted by atomic mass is 19.1. The Hall–Kier alpha value is -2.17. The maximum Gasteiger partial charge on any atom is 0.264 e. The molecule has 5 heteroatoms. The van der Waals surface area contributed by atoms with E-state index >= 15 is 0 Å². The zero-order chi connectivity index (χ0) is 12.8. The summed E-state index contributed by atoms with van der Waals surface area (Å²) in [6, 6.07) is 6.14. The average molecular weight is 235 g/mol. The number of carbonyl (C=O) groups excluding carboxylic acids is 1. The Labute approximate surface area is 99.0 Å². The van der Waals surface area contributed by atoms with Gasteiger partial charge in [-0.05, 0) is 17.7 Å². The van der Waals surface area contributed by atoms with Crippen molar-refractivity contribution in [1.82, 2.24) is 5.32 Å². The summed E-state index contributed by atoms with van der Waals surface area (Å²) in [5.41, 5.74) is 5.84. The van der Waals surface area contributed by atoms with Crippen molar-refractivity contribution in [2.75, 3.05) is 7.05 Å². The second-order valence-corrected chi connectivity index (χ2v) is 3.44. The number of nitrogens with one attached hydrogen (secondary N) is 1. The first-order chi connectivity index (χ1) is 8.02. The van der Waals surface area contributed by atoms with Gasteiger partial charge in [-0.1, -0.05) is 18.7 Å². The third kappa shape index (κ3) is 4.06. The van der Waals surface area contributed by atoms with Crippen molar-refractivity contribution in [3.8, 4) is 0 Å². The number of nitrogens with zero attached hydrogens (tertiary/aromatic N) is 1. The lowest BCUT2D eigenvalue weighted by atomic mass is 10.1. The van der Waals surface area contributed by atoms with Gasteiger partial charge in [0.15, 0.2) is 0 Å². The Balaban J connectivity index is 2.72. The number of carbonyl (C=O) groups is 1. The largest absolute Gasteiger partial charge is 0.364 e. The summed E-state index contributed by atoms with van der Waals surface area (Å²) in [6.07, 6.45) is 0.376. The molecule has 0 aliphatic heterocycles. The number of benzene rings is 1. The number of amides is 1. The first-order valence-corrected chi connectivity index (χ1v) is 4.98. The van der Waals surface area contributed by atoms with Crippen LogP contribution in [-0.2, 0) is 11.2 Å². The Kier molecular flexibility index (Phi) is 4.39. The highest BCUT2D eigenvalue weighted by Gasteiger charge is 2.06. The van der Waals surface area contributed by atoms with Crippen molar-refractivity contribution in [2.45, 2.75) is 6.42 Å². The van der Waals surface area contributed by atoms with Crippen LogP contribution < -0.4 is 11.1 Å². The molecule has 0 heterocycles. The van der Waals surface area contributed by atoms with E-state index in [1.807, 2.05) is 0 Å². The average Bonchev–Trinajstić information content (AvgIpc) is 2.27. The van der Waals surface area contributed by atoms with Crippen LogP contribution in [0.15, 0.2) is 41.5 Å². The number of aliphatic imine (C=N–C) groups is 1. The predicted octanol–water partition coefficient (Wildman–Crippen LogP) is 0.985. The highest BCUT2D eigenvalue weighted by Crippen LogP contribution is 2.05. The summed E-state index contributed by atoms with van der Waals surface area (Å²) in [4.78, 5) is 14.8. The van der Waals surface area contributed by atoms with E-state index in [0.29, 0.717) is 12.3 Å². The van der Waals surface area contributed by atoms with Gasteiger partial charge in [0.2, 0.25) is 0 Å². The fourth-order valence-electron chi connectivity index (χ4n) is 1.26. The lowest BCUT2D eigenvalue weighted by Gasteiger charge is -2.09. The molecule has 4 nitrogen and oxygen atoms in total. The molecular formula is C12H14FN3O. The fourth-order valence-corrected chi connectivity index (χ4v) is 1.26. The summed E-state index contributed by atoms with van der Waals surface area (Å²) in [5.74, 6) is -0.462. The molecule has 0 aliphatic rings. The number of hydrogen-bond acceptors (Lipinski definition) is 2. The number of amidine groups is 1. The predicted molar refractivity (Wildman–Crippen MR) is 64.9 cm³/mol. The minimum atomic E-state index is -0.648. The lowest BCUT2D eigenvalue weighted by Crippen LogP contribution is -2.31. The van der Waals surface area contributed by atoms with Gasteiger partial charge in [-0.25, -0.2) is 4.39 Å². The molecule has 3 N–H and O–H groups in total. The number of halogens is 1. The molecule has 1 amide bonds. The van der Waals surface area contributed by atoms with Crippen LogP contribution in [0.5, 0.6) is 0 Å². The van der Waals surface area contributed by atoms with E-state index in [9.17, 15) is 9.18 Å². The van der Waals surface area contributed by atoms with E-state index in [1.165, 1.54) is 12.1 Å². The maximum atomic E-state index is 13.0. The Bertz CT molecular complexity index is 469. The van der Waals surface area contributed by atoms with E-state index in [4.69, 9.17) is 5.73 Å². The second kappa shape index (κ2) is 5.79. The third-order valence-electron chi connectivity index (χ3n) is 2.12. The standard InChI is InChI=1S/C12H14FN3O/c1-8(12(14)17)16-11(15-2)7-9-4-3-5-10(13)6-9/h3-6H,1,7H2,2H3,(H2,14,17)(H,15,16). The molecule has 0 spiro atoms. The van der Waals surface area contributed by atoms with Crippen molar-refractivity contribution in [3.63, 3.8) is 0 Å². The zero-order valence-electron chi connectivity index (χ0n) is 9.53. The summed E-state index contributed by atoms with van der Waals surface area (Å²) in [6.45, 7) is 3.46. The topological polar surface area (TPSA) is 67.5 Å². The summed E-state index contributed by atoms with van der Waals surface area (Å²) in [7, 11) is 1.57.